The van der Waals surface area contributed by atoms with Crippen LogP contribution in [0.15, 0.2) is 24.3 Å². The highest BCUT2D eigenvalue weighted by Gasteiger charge is 2.24. The number of rotatable bonds is 7. The second-order valence-corrected chi connectivity index (χ2v) is 6.94. The zero-order chi connectivity index (χ0) is 15.3. The van der Waals surface area contributed by atoms with E-state index in [0.717, 1.165) is 14.2 Å². The van der Waals surface area contributed by atoms with Crippen molar-refractivity contribution in [2.75, 3.05) is 20.6 Å². The lowest BCUT2D eigenvalue weighted by Gasteiger charge is -2.24. The monoisotopic (exact) mass is 320 g/mol. The third-order valence-corrected chi connectivity index (χ3v) is 4.84. The standard InChI is InChI=1S/C12H17ClN2O4S/c1-14(7-6-12(16)17)20(18,19)15(2)9-10-4-3-5-11(13)8-10/h3-5,8H,6-7,9H2,1-2H3,(H,16,17). The first kappa shape index (κ1) is 16.9. The molecule has 0 atom stereocenters. The molecule has 0 radical (unpaired) electrons. The fourth-order valence-electron chi connectivity index (χ4n) is 1.58. The Kier molecular flexibility index (Phi) is 5.94. The molecule has 112 valence electrons. The smallest absolute Gasteiger partial charge is 0.304 e. The Morgan fingerprint density at radius 3 is 2.50 bits per heavy atom. The molecule has 0 aliphatic heterocycles. The summed E-state index contributed by atoms with van der Waals surface area (Å²) < 4.78 is 26.5. The van der Waals surface area contributed by atoms with E-state index in [4.69, 9.17) is 16.7 Å². The molecule has 0 saturated heterocycles. The maximum atomic E-state index is 12.2. The predicted octanol–water partition coefficient (Wildman–Crippen LogP) is 1.42. The van der Waals surface area contributed by atoms with E-state index in [1.807, 2.05) is 0 Å². The number of carbonyl (C=O) groups is 1. The van der Waals surface area contributed by atoms with Crippen molar-refractivity contribution in [2.45, 2.75) is 13.0 Å². The van der Waals surface area contributed by atoms with Crippen molar-refractivity contribution in [3.05, 3.63) is 34.9 Å². The lowest BCUT2D eigenvalue weighted by Crippen LogP contribution is -2.40. The molecular formula is C12H17ClN2O4S. The van der Waals surface area contributed by atoms with Gasteiger partial charge in [-0.2, -0.15) is 17.0 Å². The van der Waals surface area contributed by atoms with Crippen LogP contribution in [0.5, 0.6) is 0 Å². The SMILES string of the molecule is CN(CCC(=O)O)S(=O)(=O)N(C)Cc1cccc(Cl)c1. The molecule has 0 aromatic heterocycles. The molecule has 6 nitrogen and oxygen atoms in total. The summed E-state index contributed by atoms with van der Waals surface area (Å²) in [7, 11) is -0.894. The molecule has 0 aliphatic rings. The van der Waals surface area contributed by atoms with Crippen molar-refractivity contribution < 1.29 is 18.3 Å². The highest BCUT2D eigenvalue weighted by atomic mass is 35.5. The Hall–Kier alpha value is -1.15. The molecule has 0 bridgehead atoms. The number of halogens is 1. The number of hydrogen-bond donors (Lipinski definition) is 1. The van der Waals surface area contributed by atoms with Crippen LogP contribution in [0.1, 0.15) is 12.0 Å². The third-order valence-electron chi connectivity index (χ3n) is 2.72. The average Bonchev–Trinajstić information content (AvgIpc) is 2.35. The summed E-state index contributed by atoms with van der Waals surface area (Å²) in [6, 6.07) is 6.91. The van der Waals surface area contributed by atoms with Crippen molar-refractivity contribution in [2.24, 2.45) is 0 Å². The fraction of sp³-hybridized carbons (Fsp3) is 0.417. The Morgan fingerprint density at radius 1 is 1.30 bits per heavy atom. The van der Waals surface area contributed by atoms with Crippen LogP contribution in [0.2, 0.25) is 5.02 Å². The minimum Gasteiger partial charge on any atom is -0.481 e. The summed E-state index contributed by atoms with van der Waals surface area (Å²) in [5.74, 6) is -1.04. The van der Waals surface area contributed by atoms with Gasteiger partial charge in [-0.05, 0) is 17.7 Å². The minimum atomic E-state index is -3.69. The Balaban J connectivity index is 2.74. The molecule has 1 rings (SSSR count). The number of carboxylic acid groups (broad SMARTS) is 1. The van der Waals surface area contributed by atoms with E-state index in [0.29, 0.717) is 5.02 Å². The van der Waals surface area contributed by atoms with E-state index in [-0.39, 0.29) is 19.5 Å². The number of aliphatic carboxylic acids is 1. The van der Waals surface area contributed by atoms with Gasteiger partial charge in [-0.15, -0.1) is 0 Å². The summed E-state index contributed by atoms with van der Waals surface area (Å²) in [5, 5.41) is 9.12. The lowest BCUT2D eigenvalue weighted by atomic mass is 10.2. The van der Waals surface area contributed by atoms with Gasteiger partial charge in [0.15, 0.2) is 0 Å². The summed E-state index contributed by atoms with van der Waals surface area (Å²) in [6.07, 6.45) is -0.235. The van der Waals surface area contributed by atoms with Gasteiger partial charge in [0, 0.05) is 32.2 Å². The van der Waals surface area contributed by atoms with Gasteiger partial charge >= 0.3 is 5.97 Å². The summed E-state index contributed by atoms with van der Waals surface area (Å²) in [4.78, 5) is 10.5. The first-order valence-corrected chi connectivity index (χ1v) is 7.65. The van der Waals surface area contributed by atoms with Crippen LogP contribution >= 0.6 is 11.6 Å². The molecule has 1 aromatic carbocycles. The molecule has 0 saturated carbocycles. The van der Waals surface area contributed by atoms with Gasteiger partial charge in [0.05, 0.1) is 6.42 Å². The van der Waals surface area contributed by atoms with Gasteiger partial charge in [0.2, 0.25) is 0 Å². The van der Waals surface area contributed by atoms with E-state index >= 15 is 0 Å². The lowest BCUT2D eigenvalue weighted by molar-refractivity contribution is -0.137. The molecule has 0 spiro atoms. The van der Waals surface area contributed by atoms with Gasteiger partial charge in [0.1, 0.15) is 0 Å². The summed E-state index contributed by atoms with van der Waals surface area (Å²) in [6.45, 7) is 0.0951. The second-order valence-electron chi connectivity index (χ2n) is 4.36. The van der Waals surface area contributed by atoms with Crippen LogP contribution in [0.25, 0.3) is 0 Å². The average molecular weight is 321 g/mol. The molecule has 1 aromatic rings. The zero-order valence-corrected chi connectivity index (χ0v) is 12.9. The van der Waals surface area contributed by atoms with E-state index in [9.17, 15) is 13.2 Å². The van der Waals surface area contributed by atoms with Gasteiger partial charge in [-0.25, -0.2) is 0 Å². The minimum absolute atomic E-state index is 0.0719. The van der Waals surface area contributed by atoms with Crippen molar-refractivity contribution in [3.63, 3.8) is 0 Å². The first-order valence-electron chi connectivity index (χ1n) is 5.87. The summed E-state index contributed by atoms with van der Waals surface area (Å²) in [5.41, 5.74) is 0.759. The van der Waals surface area contributed by atoms with Crippen LogP contribution in [0.3, 0.4) is 0 Å². The van der Waals surface area contributed by atoms with Crippen molar-refractivity contribution in [3.8, 4) is 0 Å². The molecule has 8 heteroatoms. The van der Waals surface area contributed by atoms with Crippen LogP contribution in [-0.4, -0.2) is 48.7 Å². The molecule has 20 heavy (non-hydrogen) atoms. The Morgan fingerprint density at radius 2 is 1.95 bits per heavy atom. The van der Waals surface area contributed by atoms with Gasteiger partial charge in [-0.1, -0.05) is 23.7 Å². The van der Waals surface area contributed by atoms with Crippen LogP contribution in [0, 0.1) is 0 Å². The molecule has 0 fully saturated rings. The van der Waals surface area contributed by atoms with Gasteiger partial charge in [0.25, 0.3) is 10.2 Å². The zero-order valence-electron chi connectivity index (χ0n) is 11.3. The van der Waals surface area contributed by atoms with E-state index in [2.05, 4.69) is 0 Å². The maximum Gasteiger partial charge on any atom is 0.304 e. The van der Waals surface area contributed by atoms with Crippen molar-refractivity contribution in [1.82, 2.24) is 8.61 Å². The maximum absolute atomic E-state index is 12.2. The quantitative estimate of drug-likeness (QED) is 0.824. The topological polar surface area (TPSA) is 77.9 Å². The fourth-order valence-corrected chi connectivity index (χ4v) is 2.90. The first-order chi connectivity index (χ1) is 9.23. The number of benzene rings is 1. The van der Waals surface area contributed by atoms with Crippen molar-refractivity contribution in [1.29, 1.82) is 0 Å². The third kappa shape index (κ3) is 4.75. The van der Waals surface area contributed by atoms with Crippen molar-refractivity contribution >= 4 is 27.8 Å². The molecule has 0 heterocycles. The number of carboxylic acids is 1. The van der Waals surface area contributed by atoms with E-state index in [1.165, 1.54) is 14.1 Å². The molecule has 0 unspecified atom stereocenters. The normalized spacial score (nSPS) is 12.1. The van der Waals surface area contributed by atoms with Crippen LogP contribution < -0.4 is 0 Å². The van der Waals surface area contributed by atoms with Gasteiger partial charge in [-0.3, -0.25) is 4.79 Å². The predicted molar refractivity (Wildman–Crippen MR) is 76.7 cm³/mol. The second kappa shape index (κ2) is 7.03. The number of hydrogen-bond acceptors (Lipinski definition) is 3. The molecule has 1 N–H and O–H groups in total. The van der Waals surface area contributed by atoms with Crippen LogP contribution in [-0.2, 0) is 21.5 Å². The molecule has 0 aliphatic carbocycles. The summed E-state index contributed by atoms with van der Waals surface area (Å²) >= 11 is 5.85. The Labute approximate surface area is 123 Å². The van der Waals surface area contributed by atoms with Crippen LogP contribution in [0.4, 0.5) is 0 Å². The number of nitrogens with zero attached hydrogens (tertiary/aromatic N) is 2. The largest absolute Gasteiger partial charge is 0.481 e. The highest BCUT2D eigenvalue weighted by molar-refractivity contribution is 7.86. The van der Waals surface area contributed by atoms with E-state index in [1.54, 1.807) is 24.3 Å². The molecule has 0 amide bonds. The Bertz CT molecular complexity index is 577. The van der Waals surface area contributed by atoms with E-state index < -0.39 is 16.2 Å². The van der Waals surface area contributed by atoms with Gasteiger partial charge < -0.3 is 5.11 Å². The molecular weight excluding hydrogens is 304 g/mol. The highest BCUT2D eigenvalue weighted by Crippen LogP contribution is 2.14.